The van der Waals surface area contributed by atoms with Gasteiger partial charge in [-0.05, 0) is 48.1 Å². The molecule has 0 saturated carbocycles. The number of hydrogen-bond acceptors (Lipinski definition) is 7. The maximum absolute atomic E-state index is 13.0. The summed E-state index contributed by atoms with van der Waals surface area (Å²) in [6.07, 6.45) is 2.85. The number of ketones is 1. The number of nitrogens with zero attached hydrogens (tertiary/aromatic N) is 4. The van der Waals surface area contributed by atoms with Crippen molar-refractivity contribution in [2.45, 2.75) is 36.6 Å². The van der Waals surface area contributed by atoms with Gasteiger partial charge in [0.25, 0.3) is 5.78 Å². The lowest BCUT2D eigenvalue weighted by molar-refractivity contribution is 0.0962. The topological polar surface area (TPSA) is 78.6 Å². The van der Waals surface area contributed by atoms with Crippen LogP contribution in [-0.4, -0.2) is 39.6 Å². The fourth-order valence-corrected chi connectivity index (χ4v) is 5.08. The number of carbonyl (C=O) groups is 1. The third kappa shape index (κ3) is 4.18. The standard InChI is InChI=1S/C25H24N4O3S/c1-15-6-4-5-7-17(15)14-33-25-27-24-26-20-10-18(11-21(30)19(20)13-29(24)28-25)16-8-9-22(31-2)23(12-16)32-3/h4-9,12-13,18H,10-11,14H2,1-3H3. The highest BCUT2D eigenvalue weighted by atomic mass is 32.2. The molecule has 2 aromatic carbocycles. The van der Waals surface area contributed by atoms with Gasteiger partial charge < -0.3 is 9.47 Å². The minimum Gasteiger partial charge on any atom is -0.493 e. The van der Waals surface area contributed by atoms with Crippen molar-refractivity contribution in [3.8, 4) is 11.5 Å². The maximum atomic E-state index is 13.0. The van der Waals surface area contributed by atoms with Gasteiger partial charge in [-0.15, -0.1) is 5.10 Å². The van der Waals surface area contributed by atoms with Crippen LogP contribution >= 0.6 is 11.8 Å². The van der Waals surface area contributed by atoms with Gasteiger partial charge in [0, 0.05) is 18.4 Å². The molecule has 0 radical (unpaired) electrons. The third-order valence-electron chi connectivity index (χ3n) is 6.06. The van der Waals surface area contributed by atoms with Crippen molar-refractivity contribution in [3.05, 3.63) is 76.6 Å². The summed E-state index contributed by atoms with van der Waals surface area (Å²) in [4.78, 5) is 22.3. The Morgan fingerprint density at radius 3 is 2.67 bits per heavy atom. The number of aromatic nitrogens is 4. The second-order valence-corrected chi connectivity index (χ2v) is 9.04. The van der Waals surface area contributed by atoms with Gasteiger partial charge in [-0.3, -0.25) is 4.79 Å². The van der Waals surface area contributed by atoms with Crippen molar-refractivity contribution in [3.63, 3.8) is 0 Å². The minimum atomic E-state index is 0.0255. The van der Waals surface area contributed by atoms with E-state index < -0.39 is 0 Å². The Morgan fingerprint density at radius 2 is 1.88 bits per heavy atom. The van der Waals surface area contributed by atoms with E-state index in [1.165, 1.54) is 11.1 Å². The summed E-state index contributed by atoms with van der Waals surface area (Å²) < 4.78 is 12.4. The zero-order chi connectivity index (χ0) is 22.9. The van der Waals surface area contributed by atoms with Crippen LogP contribution in [0.15, 0.2) is 53.8 Å². The van der Waals surface area contributed by atoms with Crippen molar-refractivity contribution >= 4 is 23.3 Å². The summed E-state index contributed by atoms with van der Waals surface area (Å²) >= 11 is 1.57. The van der Waals surface area contributed by atoms with E-state index in [0.29, 0.717) is 40.8 Å². The Hall–Kier alpha value is -3.39. The highest BCUT2D eigenvalue weighted by Crippen LogP contribution is 2.36. The predicted octanol–water partition coefficient (Wildman–Crippen LogP) is 4.65. The fraction of sp³-hybridized carbons (Fsp3) is 0.280. The lowest BCUT2D eigenvalue weighted by Gasteiger charge is -2.23. The monoisotopic (exact) mass is 460 g/mol. The van der Waals surface area contributed by atoms with E-state index in [0.717, 1.165) is 17.0 Å². The molecule has 0 spiro atoms. The molecule has 0 bridgehead atoms. The maximum Gasteiger partial charge on any atom is 0.253 e. The molecule has 0 saturated heterocycles. The van der Waals surface area contributed by atoms with Gasteiger partial charge in [0.05, 0.1) is 25.5 Å². The van der Waals surface area contributed by atoms with Crippen molar-refractivity contribution in [1.29, 1.82) is 0 Å². The number of fused-ring (bicyclic) bond motifs is 2. The number of aryl methyl sites for hydroxylation is 1. The Kier molecular flexibility index (Phi) is 5.76. The Morgan fingerprint density at radius 1 is 1.06 bits per heavy atom. The molecule has 7 nitrogen and oxygen atoms in total. The highest BCUT2D eigenvalue weighted by molar-refractivity contribution is 7.98. The van der Waals surface area contributed by atoms with Gasteiger partial charge in [0.2, 0.25) is 5.16 Å². The molecular weight excluding hydrogens is 436 g/mol. The summed E-state index contributed by atoms with van der Waals surface area (Å²) in [7, 11) is 3.22. The molecule has 168 valence electrons. The molecule has 0 fully saturated rings. The van der Waals surface area contributed by atoms with Gasteiger partial charge in [-0.2, -0.15) is 4.98 Å². The van der Waals surface area contributed by atoms with Gasteiger partial charge in [0.15, 0.2) is 17.3 Å². The Bertz CT molecular complexity index is 1350. The lowest BCUT2D eigenvalue weighted by Crippen LogP contribution is -2.21. The first-order valence-electron chi connectivity index (χ1n) is 10.7. The van der Waals surface area contributed by atoms with Crippen LogP contribution in [0.4, 0.5) is 0 Å². The fourth-order valence-electron chi connectivity index (χ4n) is 4.18. The number of ether oxygens (including phenoxy) is 2. The van der Waals surface area contributed by atoms with Crippen LogP contribution < -0.4 is 9.47 Å². The Labute approximate surface area is 196 Å². The number of rotatable bonds is 6. The van der Waals surface area contributed by atoms with E-state index in [9.17, 15) is 4.79 Å². The first-order chi connectivity index (χ1) is 16.1. The predicted molar refractivity (Wildman–Crippen MR) is 126 cm³/mol. The van der Waals surface area contributed by atoms with E-state index >= 15 is 0 Å². The second-order valence-electron chi connectivity index (χ2n) is 8.10. The number of benzene rings is 2. The van der Waals surface area contributed by atoms with Crippen molar-refractivity contribution in [1.82, 2.24) is 19.6 Å². The molecule has 2 heterocycles. The summed E-state index contributed by atoms with van der Waals surface area (Å²) in [5.74, 6) is 2.71. The summed E-state index contributed by atoms with van der Waals surface area (Å²) in [6.45, 7) is 2.10. The van der Waals surface area contributed by atoms with Crippen LogP contribution in [-0.2, 0) is 12.2 Å². The van der Waals surface area contributed by atoms with Gasteiger partial charge in [0.1, 0.15) is 0 Å². The van der Waals surface area contributed by atoms with Crippen molar-refractivity contribution in [2.75, 3.05) is 14.2 Å². The summed E-state index contributed by atoms with van der Waals surface area (Å²) in [5, 5.41) is 5.19. The zero-order valence-corrected chi connectivity index (χ0v) is 19.6. The van der Waals surface area contributed by atoms with Gasteiger partial charge in [-0.25, -0.2) is 9.50 Å². The lowest BCUT2D eigenvalue weighted by atomic mass is 9.82. The third-order valence-corrected chi connectivity index (χ3v) is 6.95. The number of carbonyl (C=O) groups excluding carboxylic acids is 1. The molecule has 8 heteroatoms. The minimum absolute atomic E-state index is 0.0255. The largest absolute Gasteiger partial charge is 0.493 e. The number of Topliss-reactive ketones (excluding diaryl/α,β-unsaturated/α-hetero) is 1. The van der Waals surface area contributed by atoms with Gasteiger partial charge in [-0.1, -0.05) is 42.1 Å². The highest BCUT2D eigenvalue weighted by Gasteiger charge is 2.29. The number of methoxy groups -OCH3 is 2. The van der Waals surface area contributed by atoms with Crippen molar-refractivity contribution < 1.29 is 14.3 Å². The van der Waals surface area contributed by atoms with Crippen molar-refractivity contribution in [2.24, 2.45) is 0 Å². The molecule has 2 aromatic heterocycles. The van der Waals surface area contributed by atoms with E-state index in [2.05, 4.69) is 29.1 Å². The zero-order valence-electron chi connectivity index (χ0n) is 18.7. The molecule has 33 heavy (non-hydrogen) atoms. The second kappa shape index (κ2) is 8.86. The molecular formula is C25H24N4O3S. The van der Waals surface area contributed by atoms with E-state index in [4.69, 9.17) is 14.5 Å². The molecule has 1 aliphatic rings. The first-order valence-corrected chi connectivity index (χ1v) is 11.7. The van der Waals surface area contributed by atoms with Crippen LogP contribution in [0.5, 0.6) is 11.5 Å². The van der Waals surface area contributed by atoms with Crippen LogP contribution in [0.25, 0.3) is 5.78 Å². The van der Waals surface area contributed by atoms with Crippen LogP contribution in [0, 0.1) is 6.92 Å². The quantitative estimate of drug-likeness (QED) is 0.387. The van der Waals surface area contributed by atoms with E-state index in [1.807, 2.05) is 30.3 Å². The van der Waals surface area contributed by atoms with Gasteiger partial charge >= 0.3 is 0 Å². The molecule has 1 aliphatic carbocycles. The first kappa shape index (κ1) is 21.5. The SMILES string of the molecule is COc1ccc(C2CC(=O)c3cn4nc(SCc5ccccc5C)nc4nc3C2)cc1OC. The molecule has 5 rings (SSSR count). The molecule has 0 aliphatic heterocycles. The van der Waals surface area contributed by atoms with E-state index in [-0.39, 0.29) is 11.7 Å². The smallest absolute Gasteiger partial charge is 0.253 e. The summed E-state index contributed by atoms with van der Waals surface area (Å²) in [5.41, 5.74) is 4.92. The molecule has 1 atom stereocenters. The van der Waals surface area contributed by atoms with E-state index in [1.54, 1.807) is 36.7 Å². The number of hydrogen-bond donors (Lipinski definition) is 0. The molecule has 4 aromatic rings. The Balaban J connectivity index is 1.40. The van der Waals surface area contributed by atoms with Crippen LogP contribution in [0.3, 0.4) is 0 Å². The average molecular weight is 461 g/mol. The summed E-state index contributed by atoms with van der Waals surface area (Å²) in [6, 6.07) is 14.1. The normalized spacial score (nSPS) is 15.5. The molecule has 1 unspecified atom stereocenters. The molecule has 0 amide bonds. The van der Waals surface area contributed by atoms with Crippen LogP contribution in [0.2, 0.25) is 0 Å². The number of thioether (sulfide) groups is 1. The average Bonchev–Trinajstić information content (AvgIpc) is 3.23. The van der Waals surface area contributed by atoms with Crippen LogP contribution in [0.1, 0.15) is 45.1 Å². The molecule has 0 N–H and O–H groups in total.